The molecule has 2 heteroatoms. The molecule has 0 aromatic rings. The maximum atomic E-state index is 11.0. The minimum absolute atomic E-state index is 0.0990. The molecule has 2 nitrogen and oxygen atoms in total. The maximum absolute atomic E-state index is 11.0. The quantitative estimate of drug-likeness (QED) is 0.628. The third-order valence-corrected chi connectivity index (χ3v) is 2.45. The SMILES string of the molecule is [CH2]CC(=O)NC1CCCCCC1. The van der Waals surface area contributed by atoms with Crippen molar-refractivity contribution in [2.24, 2.45) is 0 Å². The Kier molecular flexibility index (Phi) is 4.12. The molecule has 0 spiro atoms. The average Bonchev–Trinajstić information content (AvgIpc) is 2.33. The first-order valence-electron chi connectivity index (χ1n) is 4.91. The van der Waals surface area contributed by atoms with Crippen LogP contribution in [0.1, 0.15) is 44.9 Å². The zero-order valence-electron chi connectivity index (χ0n) is 7.64. The van der Waals surface area contributed by atoms with E-state index in [1.165, 1.54) is 25.7 Å². The molecule has 1 saturated carbocycles. The lowest BCUT2D eigenvalue weighted by Crippen LogP contribution is -2.33. The lowest BCUT2D eigenvalue weighted by Gasteiger charge is -2.15. The predicted octanol–water partition coefficient (Wildman–Crippen LogP) is 2.05. The van der Waals surface area contributed by atoms with Gasteiger partial charge in [0.05, 0.1) is 0 Å². The van der Waals surface area contributed by atoms with E-state index >= 15 is 0 Å². The molecule has 0 atom stereocenters. The van der Waals surface area contributed by atoms with E-state index < -0.39 is 0 Å². The van der Waals surface area contributed by atoms with Crippen LogP contribution in [0.3, 0.4) is 0 Å². The molecular weight excluding hydrogens is 150 g/mol. The molecule has 0 unspecified atom stereocenters. The standard InChI is InChI=1S/C10H18NO/c1-2-10(12)11-9-7-5-3-4-6-8-9/h9H,1-8H2,(H,11,12). The van der Waals surface area contributed by atoms with Gasteiger partial charge in [-0.05, 0) is 19.8 Å². The van der Waals surface area contributed by atoms with E-state index in [0.717, 1.165) is 12.8 Å². The van der Waals surface area contributed by atoms with Gasteiger partial charge in [0.25, 0.3) is 0 Å². The van der Waals surface area contributed by atoms with Crippen molar-refractivity contribution >= 4 is 5.91 Å². The van der Waals surface area contributed by atoms with E-state index in [9.17, 15) is 4.79 Å². The number of carbonyl (C=O) groups is 1. The highest BCUT2D eigenvalue weighted by Crippen LogP contribution is 2.17. The van der Waals surface area contributed by atoms with Crippen LogP contribution in [0.5, 0.6) is 0 Å². The first-order chi connectivity index (χ1) is 5.83. The summed E-state index contributed by atoms with van der Waals surface area (Å²) in [6, 6.07) is 0.432. The molecule has 0 bridgehead atoms. The van der Waals surface area contributed by atoms with Gasteiger partial charge in [-0.15, -0.1) is 0 Å². The molecule has 69 valence electrons. The van der Waals surface area contributed by atoms with E-state index in [2.05, 4.69) is 12.2 Å². The summed E-state index contributed by atoms with van der Waals surface area (Å²) in [5.74, 6) is 0.0990. The first-order valence-corrected chi connectivity index (χ1v) is 4.91. The summed E-state index contributed by atoms with van der Waals surface area (Å²) >= 11 is 0. The number of hydrogen-bond donors (Lipinski definition) is 1. The molecule has 0 aliphatic heterocycles. The monoisotopic (exact) mass is 168 g/mol. The van der Waals surface area contributed by atoms with Gasteiger partial charge in [0.1, 0.15) is 0 Å². The van der Waals surface area contributed by atoms with Crippen LogP contribution in [0.2, 0.25) is 0 Å². The maximum Gasteiger partial charge on any atom is 0.220 e. The summed E-state index contributed by atoms with van der Waals surface area (Å²) in [5.41, 5.74) is 0. The summed E-state index contributed by atoms with van der Waals surface area (Å²) in [5, 5.41) is 3.01. The molecule has 1 fully saturated rings. The normalized spacial score (nSPS) is 20.1. The van der Waals surface area contributed by atoms with Crippen LogP contribution >= 0.6 is 0 Å². The Labute approximate surface area is 74.7 Å². The topological polar surface area (TPSA) is 29.1 Å². The first kappa shape index (κ1) is 9.56. The van der Waals surface area contributed by atoms with Crippen LogP contribution < -0.4 is 5.32 Å². The zero-order valence-corrected chi connectivity index (χ0v) is 7.64. The van der Waals surface area contributed by atoms with Crippen molar-refractivity contribution in [2.75, 3.05) is 0 Å². The van der Waals surface area contributed by atoms with Crippen LogP contribution in [-0.2, 0) is 4.79 Å². The highest BCUT2D eigenvalue weighted by molar-refractivity contribution is 5.76. The van der Waals surface area contributed by atoms with Gasteiger partial charge in [0, 0.05) is 12.5 Å². The number of rotatable bonds is 2. The van der Waals surface area contributed by atoms with Gasteiger partial charge in [-0.1, -0.05) is 25.7 Å². The van der Waals surface area contributed by atoms with Gasteiger partial charge in [-0.2, -0.15) is 0 Å². The summed E-state index contributed by atoms with van der Waals surface area (Å²) in [6.07, 6.45) is 7.88. The molecular formula is C10H18NO. The van der Waals surface area contributed by atoms with Crippen molar-refractivity contribution in [1.29, 1.82) is 0 Å². The lowest BCUT2D eigenvalue weighted by molar-refractivity contribution is -0.121. The lowest BCUT2D eigenvalue weighted by atomic mass is 10.1. The number of amides is 1. The Balaban J connectivity index is 2.24. The van der Waals surface area contributed by atoms with Gasteiger partial charge in [0.15, 0.2) is 0 Å². The van der Waals surface area contributed by atoms with Crippen LogP contribution in [0.15, 0.2) is 0 Å². The number of nitrogens with one attached hydrogen (secondary N) is 1. The van der Waals surface area contributed by atoms with Gasteiger partial charge < -0.3 is 5.32 Å². The molecule has 0 heterocycles. The molecule has 12 heavy (non-hydrogen) atoms. The highest BCUT2D eigenvalue weighted by atomic mass is 16.1. The second-order valence-corrected chi connectivity index (χ2v) is 3.51. The van der Waals surface area contributed by atoms with E-state index in [-0.39, 0.29) is 5.91 Å². The molecule has 0 aromatic heterocycles. The fourth-order valence-corrected chi connectivity index (χ4v) is 1.72. The second kappa shape index (κ2) is 5.18. The fourth-order valence-electron chi connectivity index (χ4n) is 1.72. The average molecular weight is 168 g/mol. The van der Waals surface area contributed by atoms with E-state index in [1.54, 1.807) is 0 Å². The van der Waals surface area contributed by atoms with Gasteiger partial charge in [0.2, 0.25) is 5.91 Å². The second-order valence-electron chi connectivity index (χ2n) is 3.51. The molecule has 1 N–H and O–H groups in total. The molecule has 1 radical (unpaired) electrons. The third-order valence-electron chi connectivity index (χ3n) is 2.45. The van der Waals surface area contributed by atoms with Crippen molar-refractivity contribution in [3.05, 3.63) is 6.92 Å². The van der Waals surface area contributed by atoms with Gasteiger partial charge >= 0.3 is 0 Å². The highest BCUT2D eigenvalue weighted by Gasteiger charge is 2.12. The van der Waals surface area contributed by atoms with Crippen LogP contribution in [0.25, 0.3) is 0 Å². The van der Waals surface area contributed by atoms with Gasteiger partial charge in [-0.3, -0.25) is 4.79 Å². The van der Waals surface area contributed by atoms with Crippen molar-refractivity contribution < 1.29 is 4.79 Å². The Morgan fingerprint density at radius 3 is 2.33 bits per heavy atom. The summed E-state index contributed by atoms with van der Waals surface area (Å²) in [6.45, 7) is 3.56. The fraction of sp³-hybridized carbons (Fsp3) is 0.800. The molecule has 1 aliphatic rings. The number of hydrogen-bond acceptors (Lipinski definition) is 1. The Hall–Kier alpha value is -0.530. The molecule has 1 rings (SSSR count). The van der Waals surface area contributed by atoms with Crippen molar-refractivity contribution in [3.63, 3.8) is 0 Å². The van der Waals surface area contributed by atoms with Gasteiger partial charge in [-0.25, -0.2) is 0 Å². The molecule has 0 aromatic carbocycles. The third kappa shape index (κ3) is 3.24. The van der Waals surface area contributed by atoms with E-state index in [4.69, 9.17) is 0 Å². The minimum atomic E-state index is 0.0990. The predicted molar refractivity (Wildman–Crippen MR) is 49.6 cm³/mol. The molecule has 1 aliphatic carbocycles. The minimum Gasteiger partial charge on any atom is -0.353 e. The number of carbonyl (C=O) groups excluding carboxylic acids is 1. The largest absolute Gasteiger partial charge is 0.353 e. The Bertz CT molecular complexity index is 137. The zero-order chi connectivity index (χ0) is 8.81. The van der Waals surface area contributed by atoms with E-state index in [0.29, 0.717) is 12.5 Å². The van der Waals surface area contributed by atoms with E-state index in [1.807, 2.05) is 0 Å². The Morgan fingerprint density at radius 1 is 1.25 bits per heavy atom. The smallest absolute Gasteiger partial charge is 0.220 e. The molecule has 1 amide bonds. The van der Waals surface area contributed by atoms with Crippen LogP contribution in [0.4, 0.5) is 0 Å². The van der Waals surface area contributed by atoms with Crippen molar-refractivity contribution in [3.8, 4) is 0 Å². The van der Waals surface area contributed by atoms with Crippen molar-refractivity contribution in [1.82, 2.24) is 5.32 Å². The van der Waals surface area contributed by atoms with Crippen molar-refractivity contribution in [2.45, 2.75) is 51.0 Å². The van der Waals surface area contributed by atoms with Crippen LogP contribution in [-0.4, -0.2) is 11.9 Å². The molecule has 0 saturated heterocycles. The van der Waals surface area contributed by atoms with Crippen LogP contribution in [0, 0.1) is 6.92 Å². The summed E-state index contributed by atoms with van der Waals surface area (Å²) in [7, 11) is 0. The summed E-state index contributed by atoms with van der Waals surface area (Å²) in [4.78, 5) is 11.0. The Morgan fingerprint density at radius 2 is 1.83 bits per heavy atom. The summed E-state index contributed by atoms with van der Waals surface area (Å²) < 4.78 is 0.